The first-order valence-corrected chi connectivity index (χ1v) is 12.6. The Morgan fingerprint density at radius 2 is 1.82 bits per heavy atom. The van der Waals surface area contributed by atoms with Gasteiger partial charge in [-0.15, -0.1) is 0 Å². The van der Waals surface area contributed by atoms with E-state index in [0.717, 1.165) is 11.8 Å². The van der Waals surface area contributed by atoms with Crippen molar-refractivity contribution in [3.63, 3.8) is 0 Å². The van der Waals surface area contributed by atoms with Crippen LogP contribution in [0.2, 0.25) is 0 Å². The molecule has 0 saturated heterocycles. The van der Waals surface area contributed by atoms with Crippen molar-refractivity contribution in [2.24, 2.45) is 45.8 Å². The van der Waals surface area contributed by atoms with Crippen LogP contribution in [0.5, 0.6) is 0 Å². The number of carbonyl (C=O) groups is 2. The van der Waals surface area contributed by atoms with E-state index in [4.69, 9.17) is 10.5 Å². The molecule has 4 aliphatic carbocycles. The van der Waals surface area contributed by atoms with Gasteiger partial charge >= 0.3 is 0 Å². The molecule has 33 heavy (non-hydrogen) atoms. The van der Waals surface area contributed by atoms with Gasteiger partial charge in [0, 0.05) is 31.5 Å². The summed E-state index contributed by atoms with van der Waals surface area (Å²) < 4.78 is 6.13. The van der Waals surface area contributed by atoms with E-state index >= 15 is 0 Å². The summed E-state index contributed by atoms with van der Waals surface area (Å²) >= 11 is 0. The van der Waals surface area contributed by atoms with Crippen LogP contribution >= 0.6 is 0 Å². The van der Waals surface area contributed by atoms with Crippen LogP contribution < -0.4 is 16.4 Å². The predicted octanol–water partition coefficient (Wildman–Crippen LogP) is 2.21. The van der Waals surface area contributed by atoms with Gasteiger partial charge in [0.05, 0.1) is 11.5 Å². The summed E-state index contributed by atoms with van der Waals surface area (Å²) in [4.78, 5) is 25.8. The number of nitrogens with two attached hydrogens (primary N) is 1. The van der Waals surface area contributed by atoms with Crippen molar-refractivity contribution in [1.29, 1.82) is 0 Å². The average molecular weight is 460 g/mol. The number of hydrazone groups is 1. The fraction of sp³-hybridized carbons (Fsp3) is 0.800. The zero-order chi connectivity index (χ0) is 23.8. The molecule has 8 nitrogen and oxygen atoms in total. The largest absolute Gasteiger partial charge is 0.354 e. The Labute approximate surface area is 197 Å². The van der Waals surface area contributed by atoms with Gasteiger partial charge in [-0.1, -0.05) is 6.08 Å². The van der Waals surface area contributed by atoms with Gasteiger partial charge in [-0.05, 0) is 83.5 Å². The van der Waals surface area contributed by atoms with E-state index in [2.05, 4.69) is 15.7 Å². The molecule has 2 unspecified atom stereocenters. The van der Waals surface area contributed by atoms with Gasteiger partial charge in [0.1, 0.15) is 5.92 Å². The lowest BCUT2D eigenvalue weighted by atomic mass is 9.54. The number of carbonyl (C=O) groups excluding carboxylic acids is 2. The third-order valence-electron chi connectivity index (χ3n) is 7.84. The summed E-state index contributed by atoms with van der Waals surface area (Å²) in [6.07, 6.45) is 11.1. The highest BCUT2D eigenvalue weighted by Gasteiger charge is 2.49. The molecule has 4 fully saturated rings. The van der Waals surface area contributed by atoms with Crippen molar-refractivity contribution in [3.05, 3.63) is 12.3 Å². The Morgan fingerprint density at radius 1 is 1.18 bits per heavy atom. The number of hydrogen-bond acceptors (Lipinski definition) is 6. The van der Waals surface area contributed by atoms with Crippen LogP contribution in [0.1, 0.15) is 59.8 Å². The number of rotatable bonds is 9. The minimum absolute atomic E-state index is 0.00211. The van der Waals surface area contributed by atoms with E-state index in [1.807, 2.05) is 27.7 Å². The molecule has 0 spiro atoms. The Bertz CT molecular complexity index is 765. The topological polar surface area (TPSA) is 109 Å². The van der Waals surface area contributed by atoms with Gasteiger partial charge in [-0.2, -0.15) is 5.10 Å². The molecule has 4 saturated carbocycles. The van der Waals surface area contributed by atoms with Crippen LogP contribution in [0, 0.1) is 35.0 Å². The molecular weight excluding hydrogens is 418 g/mol. The van der Waals surface area contributed by atoms with Gasteiger partial charge in [-0.3, -0.25) is 9.59 Å². The first-order valence-electron chi connectivity index (χ1n) is 12.6. The molecule has 0 radical (unpaired) electrons. The third-order valence-corrected chi connectivity index (χ3v) is 7.84. The van der Waals surface area contributed by atoms with Gasteiger partial charge in [0.2, 0.25) is 11.8 Å². The molecule has 1 aliphatic heterocycles. The van der Waals surface area contributed by atoms with E-state index < -0.39 is 17.6 Å². The molecule has 2 amide bonds. The van der Waals surface area contributed by atoms with Crippen LogP contribution in [0.3, 0.4) is 0 Å². The van der Waals surface area contributed by atoms with Gasteiger partial charge in [0.15, 0.2) is 6.23 Å². The summed E-state index contributed by atoms with van der Waals surface area (Å²) in [5.74, 6) is 2.40. The highest BCUT2D eigenvalue weighted by molar-refractivity contribution is 5.95. The van der Waals surface area contributed by atoms with Crippen molar-refractivity contribution < 1.29 is 14.3 Å². The summed E-state index contributed by atoms with van der Waals surface area (Å²) in [5.41, 5.74) is 4.75. The van der Waals surface area contributed by atoms with Crippen LogP contribution in [0.4, 0.5) is 0 Å². The second kappa shape index (κ2) is 9.74. The molecule has 0 aromatic rings. The lowest BCUT2D eigenvalue weighted by molar-refractivity contribution is -0.137. The molecule has 184 valence electrons. The monoisotopic (exact) mass is 459 g/mol. The standard InChI is InChI=1S/C25H41N5O3/c1-15(2)33-23-20(14-28-30(23)8-5-25(3,4)24(32)27-7-6-26)22(31)29-21-18-10-16-9-17(12-18)13-19(21)11-16/h5,8,14-21,23H,6-7,9-13,26H2,1-4H3,(H,27,32)(H,29,31)/b8-5+. The Morgan fingerprint density at radius 3 is 2.39 bits per heavy atom. The van der Waals surface area contributed by atoms with Gasteiger partial charge < -0.3 is 21.1 Å². The fourth-order valence-electron chi connectivity index (χ4n) is 6.37. The zero-order valence-corrected chi connectivity index (χ0v) is 20.5. The minimum atomic E-state index is -0.742. The molecule has 5 rings (SSSR count). The maximum atomic E-state index is 13.4. The summed E-state index contributed by atoms with van der Waals surface area (Å²) in [6.45, 7) is 8.42. The number of amides is 2. The summed E-state index contributed by atoms with van der Waals surface area (Å²) in [7, 11) is 0. The van der Waals surface area contributed by atoms with Crippen LogP contribution in [0.25, 0.3) is 0 Å². The Kier molecular flexibility index (Phi) is 7.15. The molecule has 4 N–H and O–H groups in total. The second-order valence-electron chi connectivity index (χ2n) is 11.3. The van der Waals surface area contributed by atoms with E-state index in [9.17, 15) is 9.59 Å². The zero-order valence-electron chi connectivity index (χ0n) is 20.5. The second-order valence-corrected chi connectivity index (χ2v) is 11.3. The molecular formula is C25H41N5O3. The van der Waals surface area contributed by atoms with Crippen molar-refractivity contribution in [3.8, 4) is 0 Å². The lowest BCUT2D eigenvalue weighted by Gasteiger charge is -2.54. The van der Waals surface area contributed by atoms with E-state index in [0.29, 0.717) is 24.9 Å². The SMILES string of the molecule is CC(C)OC1C(C(=O)NC2C3CC4CC(C3)CC2C4)C=NN1/C=C/C(C)(C)C(=O)NCCN. The highest BCUT2D eigenvalue weighted by Crippen LogP contribution is 2.53. The molecule has 8 heteroatoms. The first-order chi connectivity index (χ1) is 15.7. The van der Waals surface area contributed by atoms with Crippen molar-refractivity contribution in [2.75, 3.05) is 13.1 Å². The van der Waals surface area contributed by atoms with Gasteiger partial charge in [-0.25, -0.2) is 5.01 Å². The summed E-state index contributed by atoms with van der Waals surface area (Å²) in [6, 6.07) is 0.285. The number of ether oxygens (including phenoxy) is 1. The smallest absolute Gasteiger partial charge is 0.233 e. The van der Waals surface area contributed by atoms with Crippen molar-refractivity contribution in [2.45, 2.75) is 78.2 Å². The summed E-state index contributed by atoms with van der Waals surface area (Å²) in [5, 5.41) is 12.4. The number of nitrogens with one attached hydrogen (secondary N) is 2. The molecule has 0 aromatic carbocycles. The van der Waals surface area contributed by atoms with Crippen LogP contribution in [-0.4, -0.2) is 54.5 Å². The molecule has 1 heterocycles. The average Bonchev–Trinajstić information content (AvgIpc) is 3.14. The van der Waals surface area contributed by atoms with Gasteiger partial charge in [0.25, 0.3) is 0 Å². The quantitative estimate of drug-likeness (QED) is 0.490. The first kappa shape index (κ1) is 24.2. The number of nitrogens with zero attached hydrogens (tertiary/aromatic N) is 2. The maximum absolute atomic E-state index is 13.4. The minimum Gasteiger partial charge on any atom is -0.354 e. The van der Waals surface area contributed by atoms with Crippen LogP contribution in [-0.2, 0) is 14.3 Å². The van der Waals surface area contributed by atoms with E-state index in [-0.39, 0.29) is 24.0 Å². The fourth-order valence-corrected chi connectivity index (χ4v) is 6.37. The molecule has 0 aromatic heterocycles. The molecule has 5 aliphatic rings. The number of hydrogen-bond donors (Lipinski definition) is 3. The normalized spacial score (nSPS) is 35.1. The molecule has 2 atom stereocenters. The third kappa shape index (κ3) is 5.27. The Hall–Kier alpha value is -1.93. The van der Waals surface area contributed by atoms with Crippen molar-refractivity contribution in [1.82, 2.24) is 15.6 Å². The Balaban J connectivity index is 1.41. The maximum Gasteiger partial charge on any atom is 0.233 e. The van der Waals surface area contributed by atoms with E-state index in [1.165, 1.54) is 32.1 Å². The highest BCUT2D eigenvalue weighted by atomic mass is 16.5. The van der Waals surface area contributed by atoms with E-state index in [1.54, 1.807) is 23.5 Å². The van der Waals surface area contributed by atoms with Crippen molar-refractivity contribution >= 4 is 18.0 Å². The van der Waals surface area contributed by atoms with Crippen LogP contribution in [0.15, 0.2) is 17.4 Å². The molecule has 4 bridgehead atoms. The lowest BCUT2D eigenvalue weighted by Crippen LogP contribution is -2.57. The predicted molar refractivity (Wildman–Crippen MR) is 128 cm³/mol.